The fourth-order valence-electron chi connectivity index (χ4n) is 0.848. The molecule has 0 spiro atoms. The van der Waals surface area contributed by atoms with Crippen LogP contribution in [0, 0.1) is 0 Å². The van der Waals surface area contributed by atoms with E-state index in [0.29, 0.717) is 17.3 Å². The van der Waals surface area contributed by atoms with Crippen molar-refractivity contribution in [2.24, 2.45) is 0 Å². The molecule has 0 fully saturated rings. The molecule has 0 atom stereocenters. The van der Waals surface area contributed by atoms with E-state index in [1.165, 1.54) is 0 Å². The average Bonchev–Trinajstić information content (AvgIpc) is 1.88. The van der Waals surface area contributed by atoms with Crippen molar-refractivity contribution in [2.75, 3.05) is 17.3 Å². The van der Waals surface area contributed by atoms with Crippen LogP contribution < -0.4 is 24.0 Å². The van der Waals surface area contributed by atoms with Crippen LogP contribution in [0.1, 0.15) is 0 Å². The maximum Gasteiger partial charge on any atom is 0.130 e. The standard InChI is InChI=1S/C9H15OS.HI/c1-4-7-11(10,8-5-2)9-6-3;/h4-6H,1-3,7-9H2;1H/q+1;/p-1. The van der Waals surface area contributed by atoms with Crippen LogP contribution in [0.3, 0.4) is 0 Å². The number of rotatable bonds is 6. The third-order valence-electron chi connectivity index (χ3n) is 1.26. The summed E-state index contributed by atoms with van der Waals surface area (Å²) < 4.78 is 11.8. The van der Waals surface area contributed by atoms with Gasteiger partial charge in [0.15, 0.2) is 0 Å². The molecule has 0 aromatic rings. The molecule has 0 bridgehead atoms. The lowest BCUT2D eigenvalue weighted by Crippen LogP contribution is -3.00. The summed E-state index contributed by atoms with van der Waals surface area (Å²) in [6, 6.07) is 0. The fourth-order valence-corrected chi connectivity index (χ4v) is 2.55. The maximum atomic E-state index is 11.8. The smallest absolute Gasteiger partial charge is 0.130 e. The Morgan fingerprint density at radius 3 is 1.33 bits per heavy atom. The molecule has 0 unspecified atom stereocenters. The Balaban J connectivity index is 0. The molecule has 0 aliphatic rings. The van der Waals surface area contributed by atoms with Crippen molar-refractivity contribution in [3.8, 4) is 0 Å². The molecular formula is C9H15IOS. The Hall–Kier alpha value is 0.100. The molecular weight excluding hydrogens is 283 g/mol. The molecule has 0 aromatic carbocycles. The van der Waals surface area contributed by atoms with Crippen molar-refractivity contribution >= 4 is 9.93 Å². The van der Waals surface area contributed by atoms with Gasteiger partial charge < -0.3 is 24.0 Å². The van der Waals surface area contributed by atoms with E-state index in [2.05, 4.69) is 19.7 Å². The SMILES string of the molecule is C=CC[S+](=O)(CC=C)CC=C.[I-]. The summed E-state index contributed by atoms with van der Waals surface area (Å²) in [4.78, 5) is 0. The van der Waals surface area contributed by atoms with Crippen LogP contribution in [-0.4, -0.2) is 17.3 Å². The summed E-state index contributed by atoms with van der Waals surface area (Å²) in [5.41, 5.74) is 0. The quantitative estimate of drug-likeness (QED) is 0.351. The topological polar surface area (TPSA) is 17.1 Å². The zero-order valence-electron chi connectivity index (χ0n) is 7.17. The first-order valence-electron chi connectivity index (χ1n) is 3.48. The first-order chi connectivity index (χ1) is 5.18. The van der Waals surface area contributed by atoms with Gasteiger partial charge >= 0.3 is 0 Å². The van der Waals surface area contributed by atoms with Crippen LogP contribution in [-0.2, 0) is 14.1 Å². The second-order valence-corrected chi connectivity index (χ2v) is 5.26. The van der Waals surface area contributed by atoms with Crippen LogP contribution in [0.5, 0.6) is 0 Å². The normalized spacial score (nSPS) is 9.67. The van der Waals surface area contributed by atoms with Crippen molar-refractivity contribution in [1.82, 2.24) is 0 Å². The lowest BCUT2D eigenvalue weighted by molar-refractivity contribution is -0.00000375. The van der Waals surface area contributed by atoms with Gasteiger partial charge in [0.2, 0.25) is 0 Å². The minimum atomic E-state index is -1.79. The van der Waals surface area contributed by atoms with Crippen LogP contribution in [0.15, 0.2) is 38.0 Å². The molecule has 12 heavy (non-hydrogen) atoms. The molecule has 0 saturated carbocycles. The summed E-state index contributed by atoms with van der Waals surface area (Å²) in [6.07, 6.45) is 5.07. The van der Waals surface area contributed by atoms with E-state index in [-0.39, 0.29) is 24.0 Å². The molecule has 0 radical (unpaired) electrons. The second kappa shape index (κ2) is 7.73. The van der Waals surface area contributed by atoms with Crippen molar-refractivity contribution in [1.29, 1.82) is 0 Å². The van der Waals surface area contributed by atoms with Crippen molar-refractivity contribution < 1.29 is 28.2 Å². The van der Waals surface area contributed by atoms with Gasteiger partial charge in [0.05, 0.1) is 9.93 Å². The lowest BCUT2D eigenvalue weighted by Gasteiger charge is -2.04. The van der Waals surface area contributed by atoms with Gasteiger partial charge in [-0.2, -0.15) is 0 Å². The molecule has 0 N–H and O–H groups in total. The zero-order chi connectivity index (χ0) is 8.74. The Kier molecular flexibility index (Phi) is 9.42. The van der Waals surface area contributed by atoms with Gasteiger partial charge in [-0.3, -0.25) is 0 Å². The molecule has 0 aliphatic carbocycles. The molecule has 0 aromatic heterocycles. The van der Waals surface area contributed by atoms with Gasteiger partial charge in [0.25, 0.3) is 0 Å². The highest BCUT2D eigenvalue weighted by molar-refractivity contribution is 8.03. The van der Waals surface area contributed by atoms with Gasteiger partial charge in [-0.15, -0.1) is 4.21 Å². The van der Waals surface area contributed by atoms with Gasteiger partial charge in [0, 0.05) is 0 Å². The molecule has 0 amide bonds. The minimum Gasteiger partial charge on any atom is -1.00 e. The minimum absolute atomic E-state index is 0. The third-order valence-corrected chi connectivity index (χ3v) is 3.79. The van der Waals surface area contributed by atoms with E-state index in [9.17, 15) is 4.21 Å². The molecule has 0 aliphatic heterocycles. The van der Waals surface area contributed by atoms with Crippen LogP contribution in [0.25, 0.3) is 0 Å². The Morgan fingerprint density at radius 1 is 0.917 bits per heavy atom. The Labute approximate surface area is 93.1 Å². The molecule has 3 heteroatoms. The van der Waals surface area contributed by atoms with Gasteiger partial charge in [0.1, 0.15) is 17.3 Å². The highest BCUT2D eigenvalue weighted by atomic mass is 127. The average molecular weight is 298 g/mol. The monoisotopic (exact) mass is 298 g/mol. The molecule has 0 heterocycles. The van der Waals surface area contributed by atoms with E-state index in [1.807, 2.05) is 0 Å². The van der Waals surface area contributed by atoms with Crippen LogP contribution in [0.4, 0.5) is 0 Å². The van der Waals surface area contributed by atoms with Gasteiger partial charge in [-0.05, 0) is 18.2 Å². The van der Waals surface area contributed by atoms with Crippen molar-refractivity contribution in [3.63, 3.8) is 0 Å². The second-order valence-electron chi connectivity index (χ2n) is 2.33. The van der Waals surface area contributed by atoms with Crippen molar-refractivity contribution in [3.05, 3.63) is 38.0 Å². The molecule has 0 rings (SSSR count). The Bertz CT molecular complexity index is 165. The predicted octanol–water partition coefficient (Wildman–Crippen LogP) is -0.952. The summed E-state index contributed by atoms with van der Waals surface area (Å²) in [5, 5.41) is 0. The number of hydrogen-bond acceptors (Lipinski definition) is 1. The number of halogens is 1. The van der Waals surface area contributed by atoms with E-state index >= 15 is 0 Å². The van der Waals surface area contributed by atoms with Gasteiger partial charge in [-0.25, -0.2) is 0 Å². The maximum absolute atomic E-state index is 11.8. The van der Waals surface area contributed by atoms with Crippen LogP contribution in [0.2, 0.25) is 0 Å². The summed E-state index contributed by atoms with van der Waals surface area (Å²) in [5.74, 6) is 1.68. The highest BCUT2D eigenvalue weighted by Crippen LogP contribution is 2.06. The van der Waals surface area contributed by atoms with E-state index in [4.69, 9.17) is 0 Å². The molecule has 70 valence electrons. The zero-order valence-corrected chi connectivity index (χ0v) is 10.1. The lowest BCUT2D eigenvalue weighted by atomic mass is 10.7. The first-order valence-corrected chi connectivity index (χ1v) is 5.55. The Morgan fingerprint density at radius 2 is 1.17 bits per heavy atom. The largest absolute Gasteiger partial charge is 1.00 e. The predicted molar refractivity (Wildman–Crippen MR) is 53.2 cm³/mol. The van der Waals surface area contributed by atoms with E-state index in [1.54, 1.807) is 18.2 Å². The van der Waals surface area contributed by atoms with Crippen LogP contribution >= 0.6 is 0 Å². The highest BCUT2D eigenvalue weighted by Gasteiger charge is 2.21. The number of hydrogen-bond donors (Lipinski definition) is 0. The van der Waals surface area contributed by atoms with E-state index in [0.717, 1.165) is 0 Å². The molecule has 1 nitrogen and oxygen atoms in total. The summed E-state index contributed by atoms with van der Waals surface area (Å²) in [6.45, 7) is 10.7. The summed E-state index contributed by atoms with van der Waals surface area (Å²) in [7, 11) is -1.79. The molecule has 0 saturated heterocycles. The summed E-state index contributed by atoms with van der Waals surface area (Å²) >= 11 is 0. The third kappa shape index (κ3) is 5.71. The first kappa shape index (κ1) is 14.6. The van der Waals surface area contributed by atoms with Crippen molar-refractivity contribution in [2.45, 2.75) is 0 Å². The fraction of sp³-hybridized carbons (Fsp3) is 0.333. The van der Waals surface area contributed by atoms with E-state index < -0.39 is 9.93 Å². The van der Waals surface area contributed by atoms with Gasteiger partial charge in [-0.1, -0.05) is 19.7 Å².